The van der Waals surface area contributed by atoms with Crippen molar-refractivity contribution in [3.63, 3.8) is 0 Å². The first-order valence-electron chi connectivity index (χ1n) is 4.44. The van der Waals surface area contributed by atoms with E-state index in [9.17, 15) is 8.42 Å². The fourth-order valence-corrected chi connectivity index (χ4v) is 4.31. The third-order valence-corrected chi connectivity index (χ3v) is 5.96. The van der Waals surface area contributed by atoms with Crippen molar-refractivity contribution < 1.29 is 8.42 Å². The van der Waals surface area contributed by atoms with E-state index in [0.717, 1.165) is 9.35 Å². The minimum absolute atomic E-state index is 0.254. The molecule has 0 bridgehead atoms. The fraction of sp³-hybridized carbons (Fsp3) is 0.333. The van der Waals surface area contributed by atoms with Crippen LogP contribution in [-0.4, -0.2) is 20.8 Å². The molecule has 1 heterocycles. The van der Waals surface area contributed by atoms with Gasteiger partial charge in [-0.15, -0.1) is 22.9 Å². The van der Waals surface area contributed by atoms with Crippen LogP contribution in [0.5, 0.6) is 0 Å². The van der Waals surface area contributed by atoms with Gasteiger partial charge in [0.1, 0.15) is 4.21 Å². The van der Waals surface area contributed by atoms with Crippen LogP contribution in [0.2, 0.25) is 0 Å². The lowest BCUT2D eigenvalue weighted by molar-refractivity contribution is 0.587. The molecule has 3 nitrogen and oxygen atoms in total. The molecular weight excluding hydrogens is 334 g/mol. The van der Waals surface area contributed by atoms with Crippen LogP contribution in [0.25, 0.3) is 0 Å². The predicted octanol–water partition coefficient (Wildman–Crippen LogP) is 2.89. The average molecular weight is 345 g/mol. The van der Waals surface area contributed by atoms with E-state index in [-0.39, 0.29) is 6.54 Å². The van der Waals surface area contributed by atoms with Crippen molar-refractivity contribution in [2.75, 3.05) is 12.4 Å². The van der Waals surface area contributed by atoms with Gasteiger partial charge in [0.05, 0.1) is 3.79 Å². The number of aryl methyl sites for hydroxylation is 1. The highest BCUT2D eigenvalue weighted by atomic mass is 79.9. The Morgan fingerprint density at radius 3 is 2.75 bits per heavy atom. The van der Waals surface area contributed by atoms with Crippen molar-refractivity contribution in [1.29, 1.82) is 0 Å². The van der Waals surface area contributed by atoms with E-state index < -0.39 is 10.0 Å². The van der Waals surface area contributed by atoms with E-state index in [1.807, 2.05) is 6.92 Å². The minimum atomic E-state index is -3.40. The van der Waals surface area contributed by atoms with E-state index in [4.69, 9.17) is 11.6 Å². The molecule has 0 amide bonds. The molecule has 1 aromatic heterocycles. The Morgan fingerprint density at radius 1 is 1.56 bits per heavy atom. The van der Waals surface area contributed by atoms with Gasteiger partial charge in [0, 0.05) is 12.4 Å². The Kier molecular flexibility index (Phi) is 5.46. The van der Waals surface area contributed by atoms with E-state index >= 15 is 0 Å². The first-order valence-corrected chi connectivity index (χ1v) is 8.06. The van der Waals surface area contributed by atoms with Gasteiger partial charge in [-0.3, -0.25) is 0 Å². The molecular formula is C9H11BrClNO2S2. The summed E-state index contributed by atoms with van der Waals surface area (Å²) in [5.41, 5.74) is 0.918. The van der Waals surface area contributed by atoms with Crippen molar-refractivity contribution in [3.8, 4) is 0 Å². The van der Waals surface area contributed by atoms with Gasteiger partial charge in [0.2, 0.25) is 10.0 Å². The van der Waals surface area contributed by atoms with Gasteiger partial charge >= 0.3 is 0 Å². The maximum atomic E-state index is 11.8. The van der Waals surface area contributed by atoms with Crippen LogP contribution in [0, 0.1) is 6.92 Å². The first kappa shape index (κ1) is 14.2. The Hall–Kier alpha value is 0.120. The third kappa shape index (κ3) is 3.85. The summed E-state index contributed by atoms with van der Waals surface area (Å²) in [7, 11) is -3.40. The summed E-state index contributed by atoms with van der Waals surface area (Å²) in [4.78, 5) is 0. The largest absolute Gasteiger partial charge is 0.250 e. The van der Waals surface area contributed by atoms with Crippen molar-refractivity contribution in [3.05, 3.63) is 27.6 Å². The number of halogens is 2. The molecule has 0 aromatic carbocycles. The number of alkyl halides is 1. The number of hydrogen-bond donors (Lipinski definition) is 1. The molecule has 0 saturated heterocycles. The number of hydrogen-bond acceptors (Lipinski definition) is 3. The summed E-state index contributed by atoms with van der Waals surface area (Å²) in [5, 5.41) is 0. The summed E-state index contributed by atoms with van der Waals surface area (Å²) < 4.78 is 27.2. The summed E-state index contributed by atoms with van der Waals surface area (Å²) in [5.74, 6) is 0.380. The molecule has 0 radical (unpaired) electrons. The lowest BCUT2D eigenvalue weighted by atomic mass is 10.4. The molecule has 0 unspecified atom stereocenters. The zero-order valence-electron chi connectivity index (χ0n) is 8.54. The maximum Gasteiger partial charge on any atom is 0.250 e. The molecule has 0 spiro atoms. The van der Waals surface area contributed by atoms with Gasteiger partial charge in [0.15, 0.2) is 0 Å². The monoisotopic (exact) mass is 343 g/mol. The molecule has 90 valence electrons. The number of sulfonamides is 1. The van der Waals surface area contributed by atoms with E-state index in [0.29, 0.717) is 10.1 Å². The molecule has 0 saturated carbocycles. The average Bonchev–Trinajstić information content (AvgIpc) is 2.55. The number of thiophene rings is 1. The Morgan fingerprint density at radius 2 is 2.25 bits per heavy atom. The summed E-state index contributed by atoms with van der Waals surface area (Å²) in [6, 6.07) is 1.64. The lowest BCUT2D eigenvalue weighted by Crippen LogP contribution is -2.22. The Bertz CT molecular complexity index is 462. The van der Waals surface area contributed by atoms with Gasteiger partial charge in [-0.1, -0.05) is 12.2 Å². The lowest BCUT2D eigenvalue weighted by Gasteiger charge is -2.00. The van der Waals surface area contributed by atoms with Crippen LogP contribution in [0.3, 0.4) is 0 Å². The normalized spacial score (nSPS) is 12.4. The molecule has 1 rings (SSSR count). The molecule has 1 N–H and O–H groups in total. The molecule has 0 aliphatic carbocycles. The SMILES string of the molecule is Cc1cc(S(=O)(=O)NC/C=C/CCl)sc1Br. The smallest absolute Gasteiger partial charge is 0.207 e. The van der Waals surface area contributed by atoms with Crippen LogP contribution in [0.15, 0.2) is 26.2 Å². The van der Waals surface area contributed by atoms with Crippen molar-refractivity contribution in [2.24, 2.45) is 0 Å². The third-order valence-electron chi connectivity index (χ3n) is 1.75. The van der Waals surface area contributed by atoms with Gasteiger partial charge in [0.25, 0.3) is 0 Å². The summed E-state index contributed by atoms with van der Waals surface area (Å²) >= 11 is 9.92. The van der Waals surface area contributed by atoms with Gasteiger partial charge < -0.3 is 0 Å². The number of nitrogens with one attached hydrogen (secondary N) is 1. The molecule has 7 heteroatoms. The second-order valence-corrected chi connectivity index (χ2v) is 7.67. The van der Waals surface area contributed by atoms with Crippen LogP contribution in [0.1, 0.15) is 5.56 Å². The number of rotatable bonds is 5. The molecule has 0 aliphatic rings. The molecule has 0 aliphatic heterocycles. The van der Waals surface area contributed by atoms with Crippen molar-refractivity contribution >= 4 is 48.9 Å². The minimum Gasteiger partial charge on any atom is -0.207 e. The predicted molar refractivity (Wildman–Crippen MR) is 71.8 cm³/mol. The van der Waals surface area contributed by atoms with Crippen LogP contribution in [-0.2, 0) is 10.0 Å². The topological polar surface area (TPSA) is 46.2 Å². The standard InChI is InChI=1S/C9H11BrClNO2S2/c1-7-6-8(15-9(7)10)16(13,14)12-5-3-2-4-11/h2-3,6,12H,4-5H2,1H3/b3-2+. The van der Waals surface area contributed by atoms with Gasteiger partial charge in [-0.05, 0) is 34.5 Å². The summed E-state index contributed by atoms with van der Waals surface area (Å²) in [6.07, 6.45) is 3.37. The molecule has 16 heavy (non-hydrogen) atoms. The molecule has 1 aromatic rings. The Labute approximate surface area is 113 Å². The van der Waals surface area contributed by atoms with Crippen LogP contribution >= 0.6 is 38.9 Å². The van der Waals surface area contributed by atoms with Gasteiger partial charge in [-0.25, -0.2) is 13.1 Å². The highest BCUT2D eigenvalue weighted by molar-refractivity contribution is 9.11. The van der Waals surface area contributed by atoms with E-state index in [2.05, 4.69) is 20.7 Å². The van der Waals surface area contributed by atoms with Crippen LogP contribution in [0.4, 0.5) is 0 Å². The second kappa shape index (κ2) is 6.16. The van der Waals surface area contributed by atoms with E-state index in [1.165, 1.54) is 11.3 Å². The fourth-order valence-electron chi connectivity index (χ4n) is 0.939. The second-order valence-electron chi connectivity index (χ2n) is 3.00. The molecule has 0 atom stereocenters. The Balaban J connectivity index is 2.74. The zero-order valence-corrected chi connectivity index (χ0v) is 12.5. The first-order chi connectivity index (χ1) is 7.47. The van der Waals surface area contributed by atoms with E-state index in [1.54, 1.807) is 18.2 Å². The maximum absolute atomic E-state index is 11.8. The van der Waals surface area contributed by atoms with Crippen LogP contribution < -0.4 is 4.72 Å². The van der Waals surface area contributed by atoms with Gasteiger partial charge in [-0.2, -0.15) is 0 Å². The quantitative estimate of drug-likeness (QED) is 0.659. The summed E-state index contributed by atoms with van der Waals surface area (Å²) in [6.45, 7) is 2.11. The molecule has 0 fully saturated rings. The zero-order chi connectivity index (χ0) is 12.2. The highest BCUT2D eigenvalue weighted by Gasteiger charge is 2.16. The number of allylic oxidation sites excluding steroid dienone is 1. The van der Waals surface area contributed by atoms with Crippen molar-refractivity contribution in [2.45, 2.75) is 11.1 Å². The highest BCUT2D eigenvalue weighted by Crippen LogP contribution is 2.30. The van der Waals surface area contributed by atoms with Crippen molar-refractivity contribution in [1.82, 2.24) is 4.72 Å².